The molecule has 0 aliphatic carbocycles. The van der Waals surface area contributed by atoms with Gasteiger partial charge < -0.3 is 10.1 Å². The number of piperidine rings is 1. The van der Waals surface area contributed by atoms with E-state index >= 15 is 0 Å². The molecule has 1 rings (SSSR count). The molecular weight excluding hydrogens is 200 g/mol. The van der Waals surface area contributed by atoms with E-state index in [1.165, 1.54) is 25.8 Å². The van der Waals surface area contributed by atoms with Crippen LogP contribution < -0.4 is 5.32 Å². The third kappa shape index (κ3) is 5.28. The molecular formula is C13H28N2O. The molecule has 16 heavy (non-hydrogen) atoms. The molecule has 0 bridgehead atoms. The first-order chi connectivity index (χ1) is 7.53. The van der Waals surface area contributed by atoms with E-state index in [9.17, 15) is 0 Å². The topological polar surface area (TPSA) is 24.5 Å². The summed E-state index contributed by atoms with van der Waals surface area (Å²) in [6, 6.07) is 0.652. The van der Waals surface area contributed by atoms with Gasteiger partial charge in [-0.05, 0) is 40.5 Å². The fourth-order valence-electron chi connectivity index (χ4n) is 2.09. The van der Waals surface area contributed by atoms with Crippen molar-refractivity contribution in [3.63, 3.8) is 0 Å². The molecule has 0 saturated carbocycles. The Morgan fingerprint density at radius 1 is 1.31 bits per heavy atom. The summed E-state index contributed by atoms with van der Waals surface area (Å²) in [5.74, 6) is 0. The Labute approximate surface area is 101 Å². The monoisotopic (exact) mass is 228 g/mol. The molecule has 1 saturated heterocycles. The second kappa shape index (κ2) is 6.58. The molecule has 3 heteroatoms. The highest BCUT2D eigenvalue weighted by atomic mass is 16.5. The van der Waals surface area contributed by atoms with E-state index in [0.29, 0.717) is 6.04 Å². The second-order valence-electron chi connectivity index (χ2n) is 5.71. The molecule has 1 N–H and O–H groups in total. The normalized spacial score (nSPS) is 23.6. The minimum Gasteiger partial charge on any atom is -0.366 e. The Morgan fingerprint density at radius 3 is 2.69 bits per heavy atom. The number of rotatable bonds is 5. The lowest BCUT2D eigenvalue weighted by molar-refractivity contribution is -0.00557. The minimum atomic E-state index is 0.217. The van der Waals surface area contributed by atoms with Gasteiger partial charge in [-0.3, -0.25) is 4.90 Å². The zero-order valence-electron chi connectivity index (χ0n) is 11.4. The van der Waals surface area contributed by atoms with Crippen molar-refractivity contribution in [2.45, 2.75) is 58.5 Å². The van der Waals surface area contributed by atoms with E-state index in [-0.39, 0.29) is 5.54 Å². The molecule has 0 aromatic carbocycles. The molecule has 0 spiro atoms. The van der Waals surface area contributed by atoms with Crippen LogP contribution in [0.3, 0.4) is 0 Å². The number of ether oxygens (including phenoxy) is 1. The van der Waals surface area contributed by atoms with Gasteiger partial charge >= 0.3 is 0 Å². The smallest absolute Gasteiger partial charge is 0.0992 e. The lowest BCUT2D eigenvalue weighted by Gasteiger charge is -2.37. The molecule has 1 unspecified atom stereocenters. The lowest BCUT2D eigenvalue weighted by Crippen LogP contribution is -2.50. The summed E-state index contributed by atoms with van der Waals surface area (Å²) in [7, 11) is 0. The van der Waals surface area contributed by atoms with Crippen LogP contribution in [-0.2, 0) is 4.74 Å². The minimum absolute atomic E-state index is 0.217. The second-order valence-corrected chi connectivity index (χ2v) is 5.71. The van der Waals surface area contributed by atoms with Crippen molar-refractivity contribution in [3.05, 3.63) is 0 Å². The zero-order valence-corrected chi connectivity index (χ0v) is 11.4. The van der Waals surface area contributed by atoms with Crippen molar-refractivity contribution in [3.8, 4) is 0 Å². The van der Waals surface area contributed by atoms with Crippen molar-refractivity contribution in [1.82, 2.24) is 10.2 Å². The van der Waals surface area contributed by atoms with Crippen molar-refractivity contribution < 1.29 is 4.74 Å². The summed E-state index contributed by atoms with van der Waals surface area (Å²) in [4.78, 5) is 2.48. The highest BCUT2D eigenvalue weighted by Gasteiger charge is 2.23. The van der Waals surface area contributed by atoms with Crippen molar-refractivity contribution in [1.29, 1.82) is 0 Å². The van der Waals surface area contributed by atoms with Crippen molar-refractivity contribution >= 4 is 0 Å². The number of nitrogens with zero attached hydrogens (tertiary/aromatic N) is 1. The first kappa shape index (κ1) is 13.9. The molecule has 1 heterocycles. The van der Waals surface area contributed by atoms with Crippen LogP contribution in [-0.4, -0.2) is 42.9 Å². The molecule has 0 amide bonds. The lowest BCUT2D eigenvalue weighted by atomic mass is 10.0. The third-order valence-corrected chi connectivity index (χ3v) is 3.08. The van der Waals surface area contributed by atoms with Crippen molar-refractivity contribution in [2.24, 2.45) is 0 Å². The molecule has 0 radical (unpaired) electrons. The highest BCUT2D eigenvalue weighted by Crippen LogP contribution is 2.16. The maximum atomic E-state index is 5.53. The van der Waals surface area contributed by atoms with E-state index in [2.05, 4.69) is 37.9 Å². The van der Waals surface area contributed by atoms with Crippen LogP contribution in [0.5, 0.6) is 0 Å². The summed E-state index contributed by atoms with van der Waals surface area (Å²) in [6.07, 6.45) is 3.98. The van der Waals surface area contributed by atoms with Gasteiger partial charge in [-0.25, -0.2) is 0 Å². The predicted molar refractivity (Wildman–Crippen MR) is 68.6 cm³/mol. The number of hydrogen-bond donors (Lipinski definition) is 1. The fraction of sp³-hybridized carbons (Fsp3) is 1.00. The van der Waals surface area contributed by atoms with Gasteiger partial charge in [0.15, 0.2) is 0 Å². The third-order valence-electron chi connectivity index (χ3n) is 3.08. The van der Waals surface area contributed by atoms with E-state index in [1.807, 2.05) is 0 Å². The van der Waals surface area contributed by atoms with Gasteiger partial charge in [0.2, 0.25) is 0 Å². The van der Waals surface area contributed by atoms with Crippen LogP contribution in [0.1, 0.15) is 47.0 Å². The highest BCUT2D eigenvalue weighted by molar-refractivity contribution is 4.81. The molecule has 1 aliphatic heterocycles. The van der Waals surface area contributed by atoms with Gasteiger partial charge in [0.1, 0.15) is 0 Å². The van der Waals surface area contributed by atoms with E-state index in [4.69, 9.17) is 4.74 Å². The van der Waals surface area contributed by atoms with Crippen LogP contribution in [0.15, 0.2) is 0 Å². The summed E-state index contributed by atoms with van der Waals surface area (Å²) in [5.41, 5.74) is 0.217. The van der Waals surface area contributed by atoms with Crippen LogP contribution in [0, 0.1) is 0 Å². The Kier molecular flexibility index (Phi) is 5.73. The Balaban J connectivity index is 2.34. The maximum Gasteiger partial charge on any atom is 0.0992 e. The molecule has 96 valence electrons. The van der Waals surface area contributed by atoms with Gasteiger partial charge in [0, 0.05) is 31.3 Å². The summed E-state index contributed by atoms with van der Waals surface area (Å²) in [5, 5.41) is 3.60. The molecule has 0 aromatic rings. The molecule has 0 aromatic heterocycles. The zero-order chi connectivity index (χ0) is 12.0. The quantitative estimate of drug-likeness (QED) is 0.781. The first-order valence-electron chi connectivity index (χ1n) is 6.60. The van der Waals surface area contributed by atoms with Gasteiger partial charge in [0.05, 0.1) is 6.73 Å². The average Bonchev–Trinajstić information content (AvgIpc) is 2.23. The average molecular weight is 228 g/mol. The van der Waals surface area contributed by atoms with Crippen LogP contribution in [0.4, 0.5) is 0 Å². The van der Waals surface area contributed by atoms with E-state index in [1.54, 1.807) is 0 Å². The van der Waals surface area contributed by atoms with Gasteiger partial charge in [-0.15, -0.1) is 0 Å². The van der Waals surface area contributed by atoms with Crippen molar-refractivity contribution in [2.75, 3.05) is 26.4 Å². The molecule has 1 aliphatic rings. The number of hydrogen-bond acceptors (Lipinski definition) is 3. The summed E-state index contributed by atoms with van der Waals surface area (Å²) < 4.78 is 5.53. The standard InChI is InChI=1S/C13H28N2O/c1-5-16-11-15-9-7-6-8-12(15)10-14-13(2,3)4/h12,14H,5-11H2,1-4H3. The molecule has 3 nitrogen and oxygen atoms in total. The summed E-state index contributed by atoms with van der Waals surface area (Å²) >= 11 is 0. The Morgan fingerprint density at radius 2 is 2.06 bits per heavy atom. The summed E-state index contributed by atoms with van der Waals surface area (Å²) in [6.45, 7) is 12.6. The van der Waals surface area contributed by atoms with E-state index in [0.717, 1.165) is 19.9 Å². The predicted octanol–water partition coefficient (Wildman–Crippen LogP) is 2.22. The first-order valence-corrected chi connectivity index (χ1v) is 6.60. The number of likely N-dealkylation sites (tertiary alicyclic amines) is 1. The van der Waals surface area contributed by atoms with Crippen LogP contribution in [0.25, 0.3) is 0 Å². The number of nitrogens with one attached hydrogen (secondary N) is 1. The van der Waals surface area contributed by atoms with Gasteiger partial charge in [0.25, 0.3) is 0 Å². The largest absolute Gasteiger partial charge is 0.366 e. The van der Waals surface area contributed by atoms with Gasteiger partial charge in [-0.1, -0.05) is 6.42 Å². The maximum absolute atomic E-state index is 5.53. The van der Waals surface area contributed by atoms with Crippen LogP contribution in [0.2, 0.25) is 0 Å². The van der Waals surface area contributed by atoms with E-state index < -0.39 is 0 Å². The Hall–Kier alpha value is -0.120. The molecule has 1 fully saturated rings. The molecule has 1 atom stereocenters. The fourth-order valence-corrected chi connectivity index (χ4v) is 2.09. The van der Waals surface area contributed by atoms with Crippen LogP contribution >= 0.6 is 0 Å². The van der Waals surface area contributed by atoms with Gasteiger partial charge in [-0.2, -0.15) is 0 Å². The Bertz CT molecular complexity index is 189. The SMILES string of the molecule is CCOCN1CCCCC1CNC(C)(C)C.